The molecule has 2 rings (SSSR count). The van der Waals surface area contributed by atoms with Crippen LogP contribution in [0.4, 0.5) is 0 Å². The van der Waals surface area contributed by atoms with Gasteiger partial charge in [-0.1, -0.05) is 37.6 Å². The van der Waals surface area contributed by atoms with E-state index in [1.54, 1.807) is 0 Å². The first-order valence-electron chi connectivity index (χ1n) is 7.09. The average Bonchev–Trinajstić information content (AvgIpc) is 2.39. The Bertz CT molecular complexity index is 363. The Morgan fingerprint density at radius 1 is 1.00 bits per heavy atom. The molecule has 1 atom stereocenters. The number of nitrogens with two attached hydrogens (primary N) is 1. The van der Waals surface area contributed by atoms with Gasteiger partial charge in [0.1, 0.15) is 0 Å². The molecule has 18 heavy (non-hydrogen) atoms. The lowest BCUT2D eigenvalue weighted by Crippen LogP contribution is -2.27. The molecule has 2 heteroatoms. The van der Waals surface area contributed by atoms with Crippen LogP contribution in [0.15, 0.2) is 24.3 Å². The lowest BCUT2D eigenvalue weighted by Gasteiger charge is -2.34. The SMILES string of the molecule is CC(C)C1CCC(C(N)c2ccc(Cl)cc2)CC1. The highest BCUT2D eigenvalue weighted by Crippen LogP contribution is 2.38. The highest BCUT2D eigenvalue weighted by molar-refractivity contribution is 6.30. The third kappa shape index (κ3) is 3.27. The van der Waals surface area contributed by atoms with Crippen molar-refractivity contribution in [1.82, 2.24) is 0 Å². The van der Waals surface area contributed by atoms with Gasteiger partial charge in [-0.15, -0.1) is 0 Å². The number of hydrogen-bond donors (Lipinski definition) is 1. The molecule has 1 saturated carbocycles. The molecule has 1 nitrogen and oxygen atoms in total. The molecule has 2 N–H and O–H groups in total. The van der Waals surface area contributed by atoms with Crippen LogP contribution >= 0.6 is 11.6 Å². The summed E-state index contributed by atoms with van der Waals surface area (Å²) in [6.07, 6.45) is 5.21. The second-order valence-electron chi connectivity index (χ2n) is 6.00. The summed E-state index contributed by atoms with van der Waals surface area (Å²) in [5, 5.41) is 0.787. The molecule has 1 unspecified atom stereocenters. The van der Waals surface area contributed by atoms with E-state index in [1.807, 2.05) is 12.1 Å². The Morgan fingerprint density at radius 2 is 1.50 bits per heavy atom. The fraction of sp³-hybridized carbons (Fsp3) is 0.625. The zero-order valence-corrected chi connectivity index (χ0v) is 12.2. The van der Waals surface area contributed by atoms with Crippen molar-refractivity contribution in [1.29, 1.82) is 0 Å². The number of halogens is 1. The summed E-state index contributed by atoms with van der Waals surface area (Å²) in [5.41, 5.74) is 7.63. The van der Waals surface area contributed by atoms with Crippen molar-refractivity contribution in [3.05, 3.63) is 34.9 Å². The third-order valence-corrected chi connectivity index (χ3v) is 4.77. The molecule has 1 fully saturated rings. The van der Waals surface area contributed by atoms with Gasteiger partial charge in [-0.25, -0.2) is 0 Å². The third-order valence-electron chi connectivity index (χ3n) is 4.52. The standard InChI is InChI=1S/C16H24ClN/c1-11(2)12-3-5-13(6-4-12)16(18)14-7-9-15(17)10-8-14/h7-13,16H,3-6,18H2,1-2H3. The van der Waals surface area contributed by atoms with E-state index in [9.17, 15) is 0 Å². The highest BCUT2D eigenvalue weighted by atomic mass is 35.5. The first-order chi connectivity index (χ1) is 8.58. The van der Waals surface area contributed by atoms with E-state index in [-0.39, 0.29) is 6.04 Å². The van der Waals surface area contributed by atoms with Gasteiger partial charge in [-0.3, -0.25) is 0 Å². The molecule has 0 amide bonds. The maximum atomic E-state index is 6.40. The van der Waals surface area contributed by atoms with E-state index in [0.717, 1.165) is 16.9 Å². The van der Waals surface area contributed by atoms with Crippen molar-refractivity contribution in [3.63, 3.8) is 0 Å². The van der Waals surface area contributed by atoms with Gasteiger partial charge in [0.05, 0.1) is 0 Å². The van der Waals surface area contributed by atoms with Crippen LogP contribution in [0.3, 0.4) is 0 Å². The summed E-state index contributed by atoms with van der Waals surface area (Å²) in [4.78, 5) is 0. The first kappa shape index (κ1) is 13.9. The maximum Gasteiger partial charge on any atom is 0.0406 e. The molecule has 0 heterocycles. The van der Waals surface area contributed by atoms with Gasteiger partial charge in [-0.05, 0) is 61.1 Å². The van der Waals surface area contributed by atoms with Gasteiger partial charge in [0.15, 0.2) is 0 Å². The van der Waals surface area contributed by atoms with E-state index >= 15 is 0 Å². The van der Waals surface area contributed by atoms with Crippen LogP contribution in [-0.2, 0) is 0 Å². The summed E-state index contributed by atoms with van der Waals surface area (Å²) in [7, 11) is 0. The smallest absolute Gasteiger partial charge is 0.0406 e. The zero-order chi connectivity index (χ0) is 13.1. The maximum absolute atomic E-state index is 6.40. The molecule has 1 aromatic rings. The predicted molar refractivity (Wildman–Crippen MR) is 78.7 cm³/mol. The van der Waals surface area contributed by atoms with E-state index in [0.29, 0.717) is 5.92 Å². The van der Waals surface area contributed by atoms with Crippen molar-refractivity contribution < 1.29 is 0 Å². The Labute approximate surface area is 116 Å². The highest BCUT2D eigenvalue weighted by Gasteiger charge is 2.27. The van der Waals surface area contributed by atoms with Crippen LogP contribution in [0.5, 0.6) is 0 Å². The van der Waals surface area contributed by atoms with Crippen molar-refractivity contribution in [2.75, 3.05) is 0 Å². The van der Waals surface area contributed by atoms with Gasteiger partial charge in [0.25, 0.3) is 0 Å². The second kappa shape index (κ2) is 6.08. The molecular weight excluding hydrogens is 242 g/mol. The second-order valence-corrected chi connectivity index (χ2v) is 6.43. The van der Waals surface area contributed by atoms with Gasteiger partial charge in [-0.2, -0.15) is 0 Å². The van der Waals surface area contributed by atoms with Crippen LogP contribution in [-0.4, -0.2) is 0 Å². The summed E-state index contributed by atoms with van der Waals surface area (Å²) >= 11 is 5.92. The molecule has 0 aromatic heterocycles. The molecule has 100 valence electrons. The monoisotopic (exact) mass is 265 g/mol. The summed E-state index contributed by atoms with van der Waals surface area (Å²) < 4.78 is 0. The lowest BCUT2D eigenvalue weighted by atomic mass is 9.73. The molecule has 0 radical (unpaired) electrons. The number of benzene rings is 1. The van der Waals surface area contributed by atoms with Gasteiger partial charge < -0.3 is 5.73 Å². The van der Waals surface area contributed by atoms with Crippen molar-refractivity contribution >= 4 is 11.6 Å². The van der Waals surface area contributed by atoms with Crippen LogP contribution in [0.2, 0.25) is 5.02 Å². The minimum absolute atomic E-state index is 0.176. The van der Waals surface area contributed by atoms with Crippen molar-refractivity contribution in [3.8, 4) is 0 Å². The number of rotatable bonds is 3. The first-order valence-corrected chi connectivity index (χ1v) is 7.46. The normalized spacial score (nSPS) is 26.3. The van der Waals surface area contributed by atoms with E-state index in [2.05, 4.69) is 26.0 Å². The lowest BCUT2D eigenvalue weighted by molar-refractivity contribution is 0.203. The molecule has 0 bridgehead atoms. The Morgan fingerprint density at radius 3 is 2.00 bits per heavy atom. The van der Waals surface area contributed by atoms with Gasteiger partial charge in [0.2, 0.25) is 0 Å². The summed E-state index contributed by atoms with van der Waals surface area (Å²) in [6, 6.07) is 8.20. The minimum atomic E-state index is 0.176. The Hall–Kier alpha value is -0.530. The predicted octanol–water partition coefficient (Wildman–Crippen LogP) is 4.80. The van der Waals surface area contributed by atoms with Crippen molar-refractivity contribution in [2.45, 2.75) is 45.6 Å². The largest absolute Gasteiger partial charge is 0.324 e. The Kier molecular flexibility index (Phi) is 4.69. The minimum Gasteiger partial charge on any atom is -0.324 e. The van der Waals surface area contributed by atoms with Crippen molar-refractivity contribution in [2.24, 2.45) is 23.5 Å². The fourth-order valence-corrected chi connectivity index (χ4v) is 3.25. The molecule has 0 spiro atoms. The summed E-state index contributed by atoms with van der Waals surface area (Å²) in [5.74, 6) is 2.36. The summed E-state index contributed by atoms with van der Waals surface area (Å²) in [6.45, 7) is 4.67. The van der Waals surface area contributed by atoms with Crippen LogP contribution in [0, 0.1) is 17.8 Å². The molecular formula is C16H24ClN. The van der Waals surface area contributed by atoms with Crippen LogP contribution in [0.1, 0.15) is 51.1 Å². The molecule has 1 aliphatic carbocycles. The molecule has 1 aliphatic rings. The quantitative estimate of drug-likeness (QED) is 0.835. The van der Waals surface area contributed by atoms with E-state index in [1.165, 1.54) is 31.2 Å². The van der Waals surface area contributed by atoms with Crippen LogP contribution < -0.4 is 5.73 Å². The average molecular weight is 266 g/mol. The topological polar surface area (TPSA) is 26.0 Å². The van der Waals surface area contributed by atoms with Gasteiger partial charge in [0, 0.05) is 11.1 Å². The van der Waals surface area contributed by atoms with E-state index < -0.39 is 0 Å². The number of hydrogen-bond acceptors (Lipinski definition) is 1. The molecule has 1 aromatic carbocycles. The van der Waals surface area contributed by atoms with Gasteiger partial charge >= 0.3 is 0 Å². The molecule has 0 aliphatic heterocycles. The Balaban J connectivity index is 1.95. The molecule has 0 saturated heterocycles. The van der Waals surface area contributed by atoms with E-state index in [4.69, 9.17) is 17.3 Å². The fourth-order valence-electron chi connectivity index (χ4n) is 3.13. The van der Waals surface area contributed by atoms with Crippen LogP contribution in [0.25, 0.3) is 0 Å². The zero-order valence-electron chi connectivity index (χ0n) is 11.4.